The van der Waals surface area contributed by atoms with Gasteiger partial charge in [0, 0.05) is 17.5 Å². The number of aryl methyl sites for hydroxylation is 2. The lowest BCUT2D eigenvalue weighted by atomic mass is 10.2. The zero-order chi connectivity index (χ0) is 13.1. The number of carbonyl (C=O) groups is 1. The molecule has 0 saturated heterocycles. The maximum Gasteiger partial charge on any atom is 0.275 e. The van der Waals surface area contributed by atoms with Gasteiger partial charge in [0.2, 0.25) is 0 Å². The van der Waals surface area contributed by atoms with Crippen LogP contribution < -0.4 is 16.0 Å². The summed E-state index contributed by atoms with van der Waals surface area (Å²) in [5.41, 5.74) is 3.09. The van der Waals surface area contributed by atoms with Crippen molar-refractivity contribution < 1.29 is 9.53 Å². The number of carbonyl (C=O) groups excluding carboxylic acids is 1. The predicted octanol–water partition coefficient (Wildman–Crippen LogP) is 0.973. The van der Waals surface area contributed by atoms with Gasteiger partial charge in [0.05, 0.1) is 17.3 Å². The second kappa shape index (κ2) is 5.19. The van der Waals surface area contributed by atoms with Crippen LogP contribution in [0.3, 0.4) is 0 Å². The van der Waals surface area contributed by atoms with Gasteiger partial charge in [0.15, 0.2) is 5.75 Å². The van der Waals surface area contributed by atoms with E-state index in [1.165, 1.54) is 11.3 Å². The van der Waals surface area contributed by atoms with Gasteiger partial charge < -0.3 is 4.74 Å². The molecule has 0 aliphatic rings. The fourth-order valence-electron chi connectivity index (χ4n) is 1.48. The van der Waals surface area contributed by atoms with E-state index in [9.17, 15) is 4.79 Å². The van der Waals surface area contributed by atoms with E-state index in [0.717, 1.165) is 10.4 Å². The molecule has 0 fully saturated rings. The maximum absolute atomic E-state index is 11.4. The number of rotatable bonds is 4. The monoisotopic (exact) mass is 266 g/mol. The SMILES string of the molecule is Cc1sc(C(=O)NN)cc1COc1cnn(C)c1. The lowest BCUT2D eigenvalue weighted by Crippen LogP contribution is -2.29. The average Bonchev–Trinajstić information content (AvgIpc) is 2.92. The first-order valence-corrected chi connectivity index (χ1v) is 6.13. The van der Waals surface area contributed by atoms with Crippen LogP contribution in [-0.4, -0.2) is 15.7 Å². The third-order valence-electron chi connectivity index (χ3n) is 2.45. The molecule has 0 bridgehead atoms. The van der Waals surface area contributed by atoms with Crippen molar-refractivity contribution in [1.29, 1.82) is 0 Å². The highest BCUT2D eigenvalue weighted by molar-refractivity contribution is 7.14. The van der Waals surface area contributed by atoms with Crippen molar-refractivity contribution in [2.24, 2.45) is 12.9 Å². The van der Waals surface area contributed by atoms with Crippen LogP contribution in [0.25, 0.3) is 0 Å². The summed E-state index contributed by atoms with van der Waals surface area (Å²) in [6, 6.07) is 1.79. The summed E-state index contributed by atoms with van der Waals surface area (Å²) in [7, 11) is 1.83. The summed E-state index contributed by atoms with van der Waals surface area (Å²) in [5, 5.41) is 4.01. The van der Waals surface area contributed by atoms with Crippen molar-refractivity contribution in [2.75, 3.05) is 0 Å². The molecule has 2 aromatic rings. The summed E-state index contributed by atoms with van der Waals surface area (Å²) in [6.07, 6.45) is 3.43. The molecule has 0 aliphatic carbocycles. The average molecular weight is 266 g/mol. The molecule has 2 rings (SSSR count). The van der Waals surface area contributed by atoms with Gasteiger partial charge in [-0.15, -0.1) is 11.3 Å². The standard InChI is InChI=1S/C11H14N4O2S/c1-7-8(3-10(18-7)11(16)14-12)6-17-9-4-13-15(2)5-9/h3-5H,6,12H2,1-2H3,(H,14,16). The second-order valence-electron chi connectivity index (χ2n) is 3.80. The van der Waals surface area contributed by atoms with Gasteiger partial charge in [-0.05, 0) is 13.0 Å². The first-order chi connectivity index (χ1) is 8.60. The van der Waals surface area contributed by atoms with E-state index in [0.29, 0.717) is 17.2 Å². The topological polar surface area (TPSA) is 82.2 Å². The number of hydrogen-bond donors (Lipinski definition) is 2. The van der Waals surface area contributed by atoms with E-state index in [-0.39, 0.29) is 5.91 Å². The van der Waals surface area contributed by atoms with Crippen LogP contribution in [0, 0.1) is 6.92 Å². The third kappa shape index (κ3) is 2.69. The fourth-order valence-corrected chi connectivity index (χ4v) is 2.41. The summed E-state index contributed by atoms with van der Waals surface area (Å²) < 4.78 is 7.25. The van der Waals surface area contributed by atoms with Crippen LogP contribution in [0.15, 0.2) is 18.5 Å². The Bertz CT molecular complexity index is 561. The van der Waals surface area contributed by atoms with E-state index in [1.54, 1.807) is 23.1 Å². The molecular formula is C11H14N4O2S. The lowest BCUT2D eigenvalue weighted by Gasteiger charge is -2.01. The highest BCUT2D eigenvalue weighted by Gasteiger charge is 2.11. The molecule has 2 heterocycles. The zero-order valence-corrected chi connectivity index (χ0v) is 11.0. The van der Waals surface area contributed by atoms with Gasteiger partial charge >= 0.3 is 0 Å². The number of nitrogens with zero attached hydrogens (tertiary/aromatic N) is 2. The third-order valence-corrected chi connectivity index (χ3v) is 3.54. The van der Waals surface area contributed by atoms with E-state index < -0.39 is 0 Å². The molecule has 3 N–H and O–H groups in total. The second-order valence-corrected chi connectivity index (χ2v) is 5.06. The van der Waals surface area contributed by atoms with Crippen LogP contribution >= 0.6 is 11.3 Å². The molecular weight excluding hydrogens is 252 g/mol. The number of nitrogens with two attached hydrogens (primary N) is 1. The van der Waals surface area contributed by atoms with E-state index in [4.69, 9.17) is 10.6 Å². The number of ether oxygens (including phenoxy) is 1. The molecule has 0 aliphatic heterocycles. The fraction of sp³-hybridized carbons (Fsp3) is 0.273. The van der Waals surface area contributed by atoms with Crippen LogP contribution in [0.4, 0.5) is 0 Å². The van der Waals surface area contributed by atoms with Crippen LogP contribution in [-0.2, 0) is 13.7 Å². The molecule has 0 unspecified atom stereocenters. The van der Waals surface area contributed by atoms with Crippen LogP contribution in [0.1, 0.15) is 20.1 Å². The van der Waals surface area contributed by atoms with Crippen molar-refractivity contribution in [1.82, 2.24) is 15.2 Å². The van der Waals surface area contributed by atoms with Crippen molar-refractivity contribution >= 4 is 17.2 Å². The Kier molecular flexibility index (Phi) is 3.63. The number of aromatic nitrogens is 2. The van der Waals surface area contributed by atoms with Crippen molar-refractivity contribution in [3.8, 4) is 5.75 Å². The highest BCUT2D eigenvalue weighted by atomic mass is 32.1. The number of nitrogens with one attached hydrogen (secondary N) is 1. The molecule has 18 heavy (non-hydrogen) atoms. The molecule has 0 aromatic carbocycles. The van der Waals surface area contributed by atoms with E-state index >= 15 is 0 Å². The number of hydrogen-bond acceptors (Lipinski definition) is 5. The predicted molar refractivity (Wildman–Crippen MR) is 68.2 cm³/mol. The van der Waals surface area contributed by atoms with Gasteiger partial charge in [-0.2, -0.15) is 5.10 Å². The Hall–Kier alpha value is -1.86. The minimum Gasteiger partial charge on any atom is -0.486 e. The van der Waals surface area contributed by atoms with E-state index in [1.807, 2.05) is 14.0 Å². The summed E-state index contributed by atoms with van der Waals surface area (Å²) in [4.78, 5) is 13.0. The summed E-state index contributed by atoms with van der Waals surface area (Å²) in [5.74, 6) is 5.52. The van der Waals surface area contributed by atoms with Crippen molar-refractivity contribution in [2.45, 2.75) is 13.5 Å². The Balaban J connectivity index is 2.05. The molecule has 0 saturated carbocycles. The molecule has 1 amide bonds. The minimum atomic E-state index is -0.282. The molecule has 0 atom stereocenters. The van der Waals surface area contributed by atoms with Crippen LogP contribution in [0.5, 0.6) is 5.75 Å². The Morgan fingerprint density at radius 1 is 1.67 bits per heavy atom. The Morgan fingerprint density at radius 3 is 3.06 bits per heavy atom. The number of nitrogen functional groups attached to an aromatic ring is 1. The molecule has 0 radical (unpaired) electrons. The summed E-state index contributed by atoms with van der Waals surface area (Å²) >= 11 is 1.39. The van der Waals surface area contributed by atoms with Crippen LogP contribution in [0.2, 0.25) is 0 Å². The summed E-state index contributed by atoms with van der Waals surface area (Å²) in [6.45, 7) is 2.35. The van der Waals surface area contributed by atoms with E-state index in [2.05, 4.69) is 10.5 Å². The largest absolute Gasteiger partial charge is 0.486 e. The Labute approximate surface area is 108 Å². The van der Waals surface area contributed by atoms with Crippen molar-refractivity contribution in [3.63, 3.8) is 0 Å². The smallest absolute Gasteiger partial charge is 0.275 e. The first kappa shape index (κ1) is 12.6. The highest BCUT2D eigenvalue weighted by Crippen LogP contribution is 2.23. The number of thiophene rings is 1. The quantitative estimate of drug-likeness (QED) is 0.491. The number of amides is 1. The van der Waals surface area contributed by atoms with Gasteiger partial charge in [0.1, 0.15) is 6.61 Å². The first-order valence-electron chi connectivity index (χ1n) is 5.32. The van der Waals surface area contributed by atoms with Gasteiger partial charge in [-0.1, -0.05) is 0 Å². The molecule has 0 spiro atoms. The molecule has 7 heteroatoms. The normalized spacial score (nSPS) is 10.4. The molecule has 96 valence electrons. The molecule has 6 nitrogen and oxygen atoms in total. The van der Waals surface area contributed by atoms with Gasteiger partial charge in [-0.3, -0.25) is 14.9 Å². The minimum absolute atomic E-state index is 0.282. The Morgan fingerprint density at radius 2 is 2.44 bits per heavy atom. The lowest BCUT2D eigenvalue weighted by molar-refractivity contribution is 0.0957. The number of hydrazine groups is 1. The maximum atomic E-state index is 11.4. The van der Waals surface area contributed by atoms with Crippen molar-refractivity contribution in [3.05, 3.63) is 33.8 Å². The van der Waals surface area contributed by atoms with Gasteiger partial charge in [-0.25, -0.2) is 5.84 Å². The molecule has 2 aromatic heterocycles. The van der Waals surface area contributed by atoms with Gasteiger partial charge in [0.25, 0.3) is 5.91 Å². The zero-order valence-electron chi connectivity index (χ0n) is 10.1.